The molecular formula is C22H35NO2. The lowest BCUT2D eigenvalue weighted by molar-refractivity contribution is 0.100. The minimum Gasteiger partial charge on any atom is -0.463 e. The van der Waals surface area contributed by atoms with Crippen molar-refractivity contribution in [2.75, 3.05) is 0 Å². The van der Waals surface area contributed by atoms with Crippen LogP contribution in [0.5, 0.6) is 0 Å². The van der Waals surface area contributed by atoms with Gasteiger partial charge in [-0.25, -0.2) is 4.99 Å². The molecule has 1 aliphatic heterocycles. The van der Waals surface area contributed by atoms with E-state index in [2.05, 4.69) is 53.5 Å². The maximum atomic E-state index is 12.6. The molecule has 1 aliphatic rings. The van der Waals surface area contributed by atoms with Crippen molar-refractivity contribution in [3.05, 3.63) is 22.6 Å². The van der Waals surface area contributed by atoms with Crippen LogP contribution in [0.25, 0.3) is 0 Å². The predicted octanol–water partition coefficient (Wildman–Crippen LogP) is 6.57. The summed E-state index contributed by atoms with van der Waals surface area (Å²) in [6.07, 6.45) is 8.33. The average molecular weight is 346 g/mol. The number of carbonyl (C=O) groups is 1. The summed E-state index contributed by atoms with van der Waals surface area (Å²) in [5, 5.41) is 0. The molecule has 0 atom stereocenters. The Morgan fingerprint density at radius 3 is 1.88 bits per heavy atom. The van der Waals surface area contributed by atoms with Crippen LogP contribution in [0.4, 0.5) is 0 Å². The summed E-state index contributed by atoms with van der Waals surface area (Å²) in [5.41, 5.74) is 2.32. The Bertz CT molecular complexity index is 651. The van der Waals surface area contributed by atoms with Gasteiger partial charge >= 0.3 is 0 Å². The molecule has 0 spiro atoms. The molecule has 0 saturated heterocycles. The van der Waals surface area contributed by atoms with E-state index in [4.69, 9.17) is 4.42 Å². The number of rotatable bonds is 7. The fourth-order valence-electron chi connectivity index (χ4n) is 3.45. The molecule has 3 nitrogen and oxygen atoms in total. The van der Waals surface area contributed by atoms with Crippen molar-refractivity contribution in [2.45, 2.75) is 104 Å². The Hall–Kier alpha value is -1.38. The minimum absolute atomic E-state index is 0.111. The topological polar surface area (TPSA) is 42.6 Å². The molecule has 0 unspecified atom stereocenters. The number of nitrogens with zero attached hydrogens (tertiary/aromatic N) is 1. The molecule has 0 aliphatic carbocycles. The maximum absolute atomic E-state index is 12.6. The van der Waals surface area contributed by atoms with Crippen LogP contribution in [0.3, 0.4) is 0 Å². The Kier molecular flexibility index (Phi) is 5.96. The summed E-state index contributed by atoms with van der Waals surface area (Å²) in [4.78, 5) is 17.0. The van der Waals surface area contributed by atoms with Crippen molar-refractivity contribution in [2.24, 2.45) is 4.99 Å². The Morgan fingerprint density at radius 2 is 1.32 bits per heavy atom. The van der Waals surface area contributed by atoms with Gasteiger partial charge in [0, 0.05) is 10.8 Å². The van der Waals surface area contributed by atoms with Gasteiger partial charge < -0.3 is 4.42 Å². The first-order valence-electron chi connectivity index (χ1n) is 9.87. The molecule has 0 fully saturated rings. The molecule has 1 amide bonds. The van der Waals surface area contributed by atoms with Gasteiger partial charge in [0.2, 0.25) is 0 Å². The van der Waals surface area contributed by atoms with Crippen LogP contribution in [0.15, 0.2) is 9.41 Å². The normalized spacial score (nSPS) is 14.8. The number of hydrogen-bond donors (Lipinski definition) is 0. The first-order chi connectivity index (χ1) is 11.6. The number of unbranched alkanes of at least 4 members (excludes halogenated alkanes) is 5. The van der Waals surface area contributed by atoms with Gasteiger partial charge in [0.15, 0.2) is 0 Å². The molecule has 2 rings (SSSR count). The SMILES string of the molecule is CCCCCCCCC1=NC(=O)c2c(C(C)(C)C)oc(C(C)(C)C)c21. The molecule has 0 saturated carbocycles. The van der Waals surface area contributed by atoms with E-state index in [-0.39, 0.29) is 16.7 Å². The van der Waals surface area contributed by atoms with Gasteiger partial charge in [-0.3, -0.25) is 4.79 Å². The lowest BCUT2D eigenvalue weighted by Gasteiger charge is -2.19. The highest BCUT2D eigenvalue weighted by atomic mass is 16.3. The number of furan rings is 1. The lowest BCUT2D eigenvalue weighted by Crippen LogP contribution is -2.15. The molecule has 1 aromatic rings. The van der Waals surface area contributed by atoms with Crippen molar-refractivity contribution in [3.63, 3.8) is 0 Å². The quantitative estimate of drug-likeness (QED) is 0.525. The van der Waals surface area contributed by atoms with Gasteiger partial charge in [-0.05, 0) is 12.8 Å². The van der Waals surface area contributed by atoms with Gasteiger partial charge in [-0.1, -0.05) is 80.6 Å². The molecule has 25 heavy (non-hydrogen) atoms. The molecule has 140 valence electrons. The van der Waals surface area contributed by atoms with Crippen LogP contribution in [0.2, 0.25) is 0 Å². The number of aliphatic imine (C=N–C) groups is 1. The molecule has 0 bridgehead atoms. The maximum Gasteiger partial charge on any atom is 0.281 e. The summed E-state index contributed by atoms with van der Waals surface area (Å²) in [6.45, 7) is 14.9. The number of fused-ring (bicyclic) bond motifs is 1. The summed E-state index contributed by atoms with van der Waals surface area (Å²) in [5.74, 6) is 1.60. The van der Waals surface area contributed by atoms with E-state index in [1.165, 1.54) is 32.1 Å². The standard InChI is InChI=1S/C22H35NO2/c1-8-9-10-11-12-13-14-15-16-17(20(24)23-15)19(22(5,6)7)25-18(16)21(2,3)4/h8-14H2,1-7H3. The van der Waals surface area contributed by atoms with E-state index in [9.17, 15) is 4.79 Å². The molecule has 0 aromatic carbocycles. The van der Waals surface area contributed by atoms with Gasteiger partial charge in [0.05, 0.1) is 16.8 Å². The van der Waals surface area contributed by atoms with E-state index in [1.807, 2.05) is 0 Å². The second-order valence-electron chi connectivity index (χ2n) is 9.39. The van der Waals surface area contributed by atoms with Crippen LogP contribution < -0.4 is 0 Å². The summed E-state index contributed by atoms with van der Waals surface area (Å²) in [7, 11) is 0. The first kappa shape index (κ1) is 19.9. The summed E-state index contributed by atoms with van der Waals surface area (Å²) >= 11 is 0. The largest absolute Gasteiger partial charge is 0.463 e. The molecular weight excluding hydrogens is 310 g/mol. The fourth-order valence-corrected chi connectivity index (χ4v) is 3.45. The van der Waals surface area contributed by atoms with E-state index >= 15 is 0 Å². The van der Waals surface area contributed by atoms with Gasteiger partial charge in [-0.15, -0.1) is 0 Å². The summed E-state index contributed by atoms with van der Waals surface area (Å²) < 4.78 is 6.27. The number of carbonyl (C=O) groups excluding carboxylic acids is 1. The Morgan fingerprint density at radius 1 is 0.800 bits per heavy atom. The van der Waals surface area contributed by atoms with Crippen molar-refractivity contribution in [1.29, 1.82) is 0 Å². The highest BCUT2D eigenvalue weighted by Gasteiger charge is 2.40. The van der Waals surface area contributed by atoms with E-state index in [0.29, 0.717) is 0 Å². The zero-order valence-corrected chi connectivity index (χ0v) is 17.2. The molecule has 0 N–H and O–H groups in total. The van der Waals surface area contributed by atoms with Crippen molar-refractivity contribution >= 4 is 11.6 Å². The molecule has 3 heteroatoms. The second kappa shape index (κ2) is 7.47. The smallest absolute Gasteiger partial charge is 0.281 e. The third-order valence-electron chi connectivity index (χ3n) is 4.78. The van der Waals surface area contributed by atoms with Gasteiger partial charge in [0.25, 0.3) is 5.91 Å². The summed E-state index contributed by atoms with van der Waals surface area (Å²) in [6, 6.07) is 0. The zero-order valence-electron chi connectivity index (χ0n) is 17.2. The van der Waals surface area contributed by atoms with Crippen LogP contribution >= 0.6 is 0 Å². The van der Waals surface area contributed by atoms with Crippen LogP contribution in [0, 0.1) is 0 Å². The van der Waals surface area contributed by atoms with Crippen molar-refractivity contribution in [3.8, 4) is 0 Å². The number of amides is 1. The molecule has 2 heterocycles. The van der Waals surface area contributed by atoms with Gasteiger partial charge in [-0.2, -0.15) is 0 Å². The second-order valence-corrected chi connectivity index (χ2v) is 9.39. The van der Waals surface area contributed by atoms with E-state index < -0.39 is 0 Å². The van der Waals surface area contributed by atoms with Crippen molar-refractivity contribution < 1.29 is 9.21 Å². The van der Waals surface area contributed by atoms with E-state index in [0.717, 1.165) is 41.2 Å². The third-order valence-corrected chi connectivity index (χ3v) is 4.78. The number of hydrogen-bond acceptors (Lipinski definition) is 2. The van der Waals surface area contributed by atoms with E-state index in [1.54, 1.807) is 0 Å². The lowest BCUT2D eigenvalue weighted by atomic mass is 9.85. The van der Waals surface area contributed by atoms with Crippen molar-refractivity contribution in [1.82, 2.24) is 0 Å². The minimum atomic E-state index is -0.200. The van der Waals surface area contributed by atoms with Gasteiger partial charge in [0.1, 0.15) is 11.5 Å². The monoisotopic (exact) mass is 345 g/mol. The van der Waals surface area contributed by atoms with Crippen LogP contribution in [-0.2, 0) is 10.8 Å². The predicted molar refractivity (Wildman–Crippen MR) is 105 cm³/mol. The average Bonchev–Trinajstić information content (AvgIpc) is 3.01. The van der Waals surface area contributed by atoms with Crippen LogP contribution in [0.1, 0.15) is 121 Å². The third kappa shape index (κ3) is 4.43. The first-order valence-corrected chi connectivity index (χ1v) is 9.87. The highest BCUT2D eigenvalue weighted by Crippen LogP contribution is 2.41. The van der Waals surface area contributed by atoms with Crippen LogP contribution in [-0.4, -0.2) is 11.6 Å². The zero-order chi connectivity index (χ0) is 18.8. The molecule has 1 aromatic heterocycles. The highest BCUT2D eigenvalue weighted by molar-refractivity contribution is 6.22. The molecule has 0 radical (unpaired) electrons. The Labute approximate surface area is 153 Å². The fraction of sp³-hybridized carbons (Fsp3) is 0.727. The Balaban J connectivity index is 2.25.